The molecule has 1 amide bonds. The lowest BCUT2D eigenvalue weighted by molar-refractivity contribution is -0.136. The van der Waals surface area contributed by atoms with Crippen LogP contribution in [-0.4, -0.2) is 111 Å². The van der Waals surface area contributed by atoms with E-state index in [2.05, 4.69) is 26.6 Å². The lowest BCUT2D eigenvalue weighted by Crippen LogP contribution is -2.49. The Labute approximate surface area is 165 Å². The molecule has 3 aliphatic heterocycles. The molecular weight excluding hydrogens is 340 g/mol. The minimum Gasteiger partial charge on any atom is -0.381 e. The molecule has 3 fully saturated rings. The van der Waals surface area contributed by atoms with Gasteiger partial charge in [0, 0.05) is 52.0 Å². The largest absolute Gasteiger partial charge is 0.381 e. The van der Waals surface area contributed by atoms with E-state index in [1.807, 2.05) is 0 Å². The second-order valence-electron chi connectivity index (χ2n) is 8.62. The van der Waals surface area contributed by atoms with E-state index in [0.717, 1.165) is 84.8 Å². The maximum Gasteiger partial charge on any atom is 0.237 e. The molecule has 6 nitrogen and oxygen atoms in total. The molecule has 27 heavy (non-hydrogen) atoms. The van der Waals surface area contributed by atoms with Gasteiger partial charge in [-0.3, -0.25) is 9.69 Å². The number of carbonyl (C=O) groups excluding carboxylic acids is 1. The summed E-state index contributed by atoms with van der Waals surface area (Å²) in [5, 5.41) is 0. The zero-order valence-electron chi connectivity index (χ0n) is 17.4. The summed E-state index contributed by atoms with van der Waals surface area (Å²) in [6.07, 6.45) is 8.22. The highest BCUT2D eigenvalue weighted by atomic mass is 16.5. The molecule has 6 heteroatoms. The normalized spacial score (nSPS) is 24.6. The summed E-state index contributed by atoms with van der Waals surface area (Å²) in [6, 6.07) is 0.380. The molecule has 0 aromatic carbocycles. The molecule has 0 N–H and O–H groups in total. The molecule has 0 radical (unpaired) electrons. The van der Waals surface area contributed by atoms with Gasteiger partial charge in [-0.2, -0.15) is 0 Å². The molecule has 0 aromatic rings. The van der Waals surface area contributed by atoms with E-state index >= 15 is 0 Å². The maximum atomic E-state index is 13.2. The average Bonchev–Trinajstić information content (AvgIpc) is 2.96. The van der Waals surface area contributed by atoms with E-state index in [1.165, 1.54) is 25.7 Å². The Balaban J connectivity index is 1.49. The van der Waals surface area contributed by atoms with Crippen LogP contribution in [0.1, 0.15) is 44.9 Å². The fraction of sp³-hybridized carbons (Fsp3) is 0.952. The van der Waals surface area contributed by atoms with E-state index in [4.69, 9.17) is 4.74 Å². The van der Waals surface area contributed by atoms with Crippen molar-refractivity contribution >= 4 is 5.91 Å². The van der Waals surface area contributed by atoms with Crippen LogP contribution in [0.5, 0.6) is 0 Å². The predicted molar refractivity (Wildman–Crippen MR) is 109 cm³/mol. The Bertz CT molecular complexity index is 426. The number of amides is 1. The number of rotatable bonds is 7. The standard InChI is InChI=1S/C21H40N4O2/c1-22-13-15-23(16-14-22)11-6-12-25(20-7-17-27-18-8-20)21(26)19-24-9-4-2-3-5-10-24/h20H,2-19H2,1H3. The highest BCUT2D eigenvalue weighted by molar-refractivity contribution is 5.78. The Morgan fingerprint density at radius 3 is 2.26 bits per heavy atom. The van der Waals surface area contributed by atoms with Crippen LogP contribution in [0.4, 0.5) is 0 Å². The fourth-order valence-corrected chi connectivity index (χ4v) is 4.62. The molecule has 0 atom stereocenters. The third-order valence-corrected chi connectivity index (χ3v) is 6.48. The molecule has 3 saturated heterocycles. The zero-order chi connectivity index (χ0) is 18.9. The van der Waals surface area contributed by atoms with Crippen LogP contribution in [0.15, 0.2) is 0 Å². The van der Waals surface area contributed by atoms with Crippen molar-refractivity contribution in [2.75, 3.05) is 79.2 Å². The van der Waals surface area contributed by atoms with Crippen molar-refractivity contribution in [1.29, 1.82) is 0 Å². The third-order valence-electron chi connectivity index (χ3n) is 6.48. The molecule has 3 aliphatic rings. The molecule has 0 aliphatic carbocycles. The molecular formula is C21H40N4O2. The van der Waals surface area contributed by atoms with E-state index < -0.39 is 0 Å². The first kappa shape index (κ1) is 21.0. The van der Waals surface area contributed by atoms with Gasteiger partial charge in [0.15, 0.2) is 0 Å². The molecule has 0 aromatic heterocycles. The minimum absolute atomic E-state index is 0.349. The Morgan fingerprint density at radius 2 is 1.59 bits per heavy atom. The van der Waals surface area contributed by atoms with Gasteiger partial charge in [0.2, 0.25) is 5.91 Å². The summed E-state index contributed by atoms with van der Waals surface area (Å²) in [6.45, 7) is 11.1. The van der Waals surface area contributed by atoms with Crippen molar-refractivity contribution < 1.29 is 9.53 Å². The predicted octanol–water partition coefficient (Wildman–Crippen LogP) is 1.51. The Hall–Kier alpha value is -0.690. The zero-order valence-corrected chi connectivity index (χ0v) is 17.4. The van der Waals surface area contributed by atoms with Gasteiger partial charge in [-0.1, -0.05) is 12.8 Å². The molecule has 3 heterocycles. The van der Waals surface area contributed by atoms with Crippen molar-refractivity contribution in [2.24, 2.45) is 0 Å². The van der Waals surface area contributed by atoms with Gasteiger partial charge in [0.05, 0.1) is 6.54 Å². The topological polar surface area (TPSA) is 39.3 Å². The summed E-state index contributed by atoms with van der Waals surface area (Å²) < 4.78 is 5.54. The molecule has 156 valence electrons. The molecule has 0 saturated carbocycles. The Morgan fingerprint density at radius 1 is 0.926 bits per heavy atom. The summed E-state index contributed by atoms with van der Waals surface area (Å²) in [5.74, 6) is 0.349. The molecule has 0 bridgehead atoms. The number of hydrogen-bond acceptors (Lipinski definition) is 5. The van der Waals surface area contributed by atoms with E-state index in [1.54, 1.807) is 0 Å². The van der Waals surface area contributed by atoms with Crippen LogP contribution in [-0.2, 0) is 9.53 Å². The van der Waals surface area contributed by atoms with Crippen LogP contribution < -0.4 is 0 Å². The van der Waals surface area contributed by atoms with Crippen molar-refractivity contribution in [3.63, 3.8) is 0 Å². The second kappa shape index (κ2) is 11.3. The van der Waals surface area contributed by atoms with Crippen LogP contribution in [0.3, 0.4) is 0 Å². The number of likely N-dealkylation sites (N-methyl/N-ethyl adjacent to an activating group) is 1. The van der Waals surface area contributed by atoms with Crippen LogP contribution in [0, 0.1) is 0 Å². The highest BCUT2D eigenvalue weighted by Gasteiger charge is 2.27. The fourth-order valence-electron chi connectivity index (χ4n) is 4.62. The lowest BCUT2D eigenvalue weighted by atomic mass is 10.1. The van der Waals surface area contributed by atoms with Crippen molar-refractivity contribution in [2.45, 2.75) is 51.0 Å². The Kier molecular flexibility index (Phi) is 8.84. The third kappa shape index (κ3) is 7.00. The minimum atomic E-state index is 0.349. The van der Waals surface area contributed by atoms with Gasteiger partial charge >= 0.3 is 0 Å². The van der Waals surface area contributed by atoms with Gasteiger partial charge in [-0.15, -0.1) is 0 Å². The van der Waals surface area contributed by atoms with E-state index in [-0.39, 0.29) is 0 Å². The average molecular weight is 381 g/mol. The molecule has 3 rings (SSSR count). The number of carbonyl (C=O) groups is 1. The lowest BCUT2D eigenvalue weighted by Gasteiger charge is -2.37. The highest BCUT2D eigenvalue weighted by Crippen LogP contribution is 2.17. The maximum absolute atomic E-state index is 13.2. The van der Waals surface area contributed by atoms with Crippen LogP contribution in [0.2, 0.25) is 0 Å². The van der Waals surface area contributed by atoms with Crippen molar-refractivity contribution in [3.8, 4) is 0 Å². The summed E-state index contributed by atoms with van der Waals surface area (Å²) >= 11 is 0. The summed E-state index contributed by atoms with van der Waals surface area (Å²) in [5.41, 5.74) is 0. The van der Waals surface area contributed by atoms with Crippen LogP contribution in [0.25, 0.3) is 0 Å². The molecule has 0 spiro atoms. The smallest absolute Gasteiger partial charge is 0.237 e. The number of nitrogens with zero attached hydrogens (tertiary/aromatic N) is 4. The van der Waals surface area contributed by atoms with Crippen molar-refractivity contribution in [3.05, 3.63) is 0 Å². The first-order chi connectivity index (χ1) is 13.2. The first-order valence-electron chi connectivity index (χ1n) is 11.2. The van der Waals surface area contributed by atoms with Gasteiger partial charge < -0.3 is 19.4 Å². The number of ether oxygens (including phenoxy) is 1. The van der Waals surface area contributed by atoms with E-state index in [0.29, 0.717) is 18.5 Å². The first-order valence-corrected chi connectivity index (χ1v) is 11.2. The number of hydrogen-bond donors (Lipinski definition) is 0. The molecule has 0 unspecified atom stereocenters. The number of piperazine rings is 1. The van der Waals surface area contributed by atoms with Gasteiger partial charge in [-0.25, -0.2) is 0 Å². The monoisotopic (exact) mass is 380 g/mol. The van der Waals surface area contributed by atoms with Gasteiger partial charge in [0.1, 0.15) is 0 Å². The quantitative estimate of drug-likeness (QED) is 0.669. The second-order valence-corrected chi connectivity index (χ2v) is 8.62. The van der Waals surface area contributed by atoms with Gasteiger partial charge in [-0.05, 0) is 58.8 Å². The SMILES string of the molecule is CN1CCN(CCCN(C(=O)CN2CCCCCC2)C2CCOCC2)CC1. The van der Waals surface area contributed by atoms with Gasteiger partial charge in [0.25, 0.3) is 0 Å². The van der Waals surface area contributed by atoms with Crippen LogP contribution >= 0.6 is 0 Å². The summed E-state index contributed by atoms with van der Waals surface area (Å²) in [7, 11) is 2.20. The van der Waals surface area contributed by atoms with Crippen molar-refractivity contribution in [1.82, 2.24) is 19.6 Å². The van der Waals surface area contributed by atoms with E-state index in [9.17, 15) is 4.79 Å². The summed E-state index contributed by atoms with van der Waals surface area (Å²) in [4.78, 5) is 22.7. The number of likely N-dealkylation sites (tertiary alicyclic amines) is 1.